The number of carbonyl (C=O) groups excluding carboxylic acids is 1. The van der Waals surface area contributed by atoms with E-state index in [1.165, 1.54) is 0 Å². The van der Waals surface area contributed by atoms with Crippen molar-refractivity contribution >= 4 is 5.97 Å². The van der Waals surface area contributed by atoms with Crippen LogP contribution in [0.25, 0.3) is 0 Å². The average molecular weight is 251 g/mol. The highest BCUT2D eigenvalue weighted by Gasteiger charge is 2.57. The fourth-order valence-corrected chi connectivity index (χ4v) is 2.18. The van der Waals surface area contributed by atoms with E-state index < -0.39 is 35.9 Å². The zero-order chi connectivity index (χ0) is 13.5. The van der Waals surface area contributed by atoms with Crippen molar-refractivity contribution in [1.82, 2.24) is 0 Å². The molecule has 6 heteroatoms. The molecule has 1 saturated carbocycles. The SMILES string of the molecule is CC(C)C1(O)CCC(O)(C(F)(F)C(=O)[O-])CC1. The van der Waals surface area contributed by atoms with Gasteiger partial charge in [-0.3, -0.25) is 0 Å². The van der Waals surface area contributed by atoms with E-state index in [0.717, 1.165) is 0 Å². The molecule has 0 saturated heterocycles. The van der Waals surface area contributed by atoms with Crippen molar-refractivity contribution in [2.24, 2.45) is 5.92 Å². The smallest absolute Gasteiger partial charge is 0.315 e. The van der Waals surface area contributed by atoms with Gasteiger partial charge in [-0.25, -0.2) is 0 Å². The topological polar surface area (TPSA) is 80.6 Å². The average Bonchev–Trinajstić information content (AvgIpc) is 2.22. The number of carboxylic acid groups (broad SMARTS) is 1. The molecule has 0 amide bonds. The van der Waals surface area contributed by atoms with Crippen LogP contribution in [0.15, 0.2) is 0 Å². The van der Waals surface area contributed by atoms with Crippen LogP contribution >= 0.6 is 0 Å². The Hall–Kier alpha value is -0.750. The van der Waals surface area contributed by atoms with Gasteiger partial charge in [0.1, 0.15) is 11.6 Å². The Balaban J connectivity index is 2.84. The van der Waals surface area contributed by atoms with Crippen LogP contribution in [0.1, 0.15) is 39.5 Å². The number of aliphatic carboxylic acids is 1. The minimum Gasteiger partial charge on any atom is -0.544 e. The van der Waals surface area contributed by atoms with Crippen molar-refractivity contribution in [2.75, 3.05) is 0 Å². The van der Waals surface area contributed by atoms with Crippen LogP contribution in [0.2, 0.25) is 0 Å². The van der Waals surface area contributed by atoms with Crippen LogP contribution in [0.4, 0.5) is 8.78 Å². The Labute approximate surface area is 98.3 Å². The molecule has 0 spiro atoms. The molecule has 0 radical (unpaired) electrons. The number of rotatable bonds is 3. The lowest BCUT2D eigenvalue weighted by atomic mass is 9.69. The standard InChI is InChI=1S/C11H18F2O4/c1-7(2)9(16)3-5-10(17,6-4-9)11(12,13)8(14)15/h7,16-17H,3-6H2,1-2H3,(H,14,15)/p-1. The van der Waals surface area contributed by atoms with Gasteiger partial charge in [-0.1, -0.05) is 13.8 Å². The normalized spacial score (nSPS) is 35.0. The molecule has 1 aliphatic carbocycles. The third-order valence-electron chi connectivity index (χ3n) is 3.86. The number of halogens is 2. The predicted octanol–water partition coefficient (Wildman–Crippen LogP) is 0.0638. The molecule has 17 heavy (non-hydrogen) atoms. The maximum atomic E-state index is 13.3. The molecule has 0 heterocycles. The fraction of sp³-hybridized carbons (Fsp3) is 0.909. The van der Waals surface area contributed by atoms with Gasteiger partial charge in [-0.2, -0.15) is 8.78 Å². The van der Waals surface area contributed by atoms with Gasteiger partial charge in [0.05, 0.1) is 5.60 Å². The lowest BCUT2D eigenvalue weighted by molar-refractivity contribution is -0.347. The van der Waals surface area contributed by atoms with Gasteiger partial charge in [0.15, 0.2) is 0 Å². The Kier molecular flexibility index (Phi) is 3.51. The molecule has 0 bridgehead atoms. The number of aliphatic hydroxyl groups is 2. The van der Waals surface area contributed by atoms with Gasteiger partial charge >= 0.3 is 5.92 Å². The molecule has 0 aromatic rings. The second-order valence-electron chi connectivity index (χ2n) is 5.15. The van der Waals surface area contributed by atoms with E-state index in [0.29, 0.717) is 0 Å². The van der Waals surface area contributed by atoms with E-state index in [2.05, 4.69) is 0 Å². The first-order valence-electron chi connectivity index (χ1n) is 5.59. The summed E-state index contributed by atoms with van der Waals surface area (Å²) in [6, 6.07) is 0. The molecular formula is C11H17F2O4-. The second kappa shape index (κ2) is 4.17. The van der Waals surface area contributed by atoms with Crippen LogP contribution in [0.5, 0.6) is 0 Å². The summed E-state index contributed by atoms with van der Waals surface area (Å²) in [6.07, 6.45) is -1.01. The molecule has 0 unspecified atom stereocenters. The minimum absolute atomic E-state index is 0.0516. The zero-order valence-corrected chi connectivity index (χ0v) is 9.87. The monoisotopic (exact) mass is 251 g/mol. The molecule has 100 valence electrons. The summed E-state index contributed by atoms with van der Waals surface area (Å²) in [5.74, 6) is -7.00. The molecule has 1 rings (SSSR count). The first-order chi connectivity index (χ1) is 7.55. The van der Waals surface area contributed by atoms with Crippen LogP contribution < -0.4 is 5.11 Å². The van der Waals surface area contributed by atoms with Crippen LogP contribution in [-0.2, 0) is 4.79 Å². The number of hydrogen-bond acceptors (Lipinski definition) is 4. The molecule has 2 N–H and O–H groups in total. The second-order valence-corrected chi connectivity index (χ2v) is 5.15. The van der Waals surface area contributed by atoms with Crippen molar-refractivity contribution in [1.29, 1.82) is 0 Å². The summed E-state index contributed by atoms with van der Waals surface area (Å²) in [4.78, 5) is 10.3. The lowest BCUT2D eigenvalue weighted by Gasteiger charge is -2.46. The molecule has 0 aromatic carbocycles. The number of alkyl halides is 2. The van der Waals surface area contributed by atoms with Crippen molar-refractivity contribution in [3.8, 4) is 0 Å². The van der Waals surface area contributed by atoms with Crippen LogP contribution in [-0.4, -0.2) is 33.3 Å². The summed E-state index contributed by atoms with van der Waals surface area (Å²) in [7, 11) is 0. The van der Waals surface area contributed by atoms with E-state index in [1.807, 2.05) is 0 Å². The van der Waals surface area contributed by atoms with E-state index in [1.54, 1.807) is 13.8 Å². The lowest BCUT2D eigenvalue weighted by Crippen LogP contribution is -2.61. The third-order valence-corrected chi connectivity index (χ3v) is 3.86. The van der Waals surface area contributed by atoms with Crippen molar-refractivity contribution in [3.05, 3.63) is 0 Å². The van der Waals surface area contributed by atoms with Gasteiger partial charge < -0.3 is 20.1 Å². The Morgan fingerprint density at radius 2 is 1.65 bits per heavy atom. The van der Waals surface area contributed by atoms with E-state index >= 15 is 0 Å². The van der Waals surface area contributed by atoms with Gasteiger partial charge in [0.25, 0.3) is 0 Å². The third kappa shape index (κ3) is 2.28. The predicted molar refractivity (Wildman–Crippen MR) is 53.2 cm³/mol. The molecule has 0 atom stereocenters. The van der Waals surface area contributed by atoms with Gasteiger partial charge in [-0.15, -0.1) is 0 Å². The van der Waals surface area contributed by atoms with Crippen LogP contribution in [0.3, 0.4) is 0 Å². The molecule has 0 aromatic heterocycles. The highest BCUT2D eigenvalue weighted by atomic mass is 19.3. The van der Waals surface area contributed by atoms with E-state index in [9.17, 15) is 28.9 Å². The maximum Gasteiger partial charge on any atom is 0.315 e. The fourth-order valence-electron chi connectivity index (χ4n) is 2.18. The van der Waals surface area contributed by atoms with Crippen molar-refractivity contribution in [3.63, 3.8) is 0 Å². The summed E-state index contributed by atoms with van der Waals surface area (Å²) in [5, 5.41) is 30.1. The van der Waals surface area contributed by atoms with Gasteiger partial charge in [-0.05, 0) is 31.6 Å². The number of carbonyl (C=O) groups is 1. The van der Waals surface area contributed by atoms with Gasteiger partial charge in [0, 0.05) is 0 Å². The molecular weight excluding hydrogens is 234 g/mol. The Bertz CT molecular complexity index is 307. The molecule has 1 fully saturated rings. The van der Waals surface area contributed by atoms with E-state index in [4.69, 9.17) is 0 Å². The van der Waals surface area contributed by atoms with E-state index in [-0.39, 0.29) is 18.8 Å². The van der Waals surface area contributed by atoms with Crippen molar-refractivity contribution in [2.45, 2.75) is 56.7 Å². The maximum absolute atomic E-state index is 13.3. The highest BCUT2D eigenvalue weighted by molar-refractivity contribution is 5.75. The van der Waals surface area contributed by atoms with Gasteiger partial charge in [0.2, 0.25) is 0 Å². The highest BCUT2D eigenvalue weighted by Crippen LogP contribution is 2.45. The summed E-state index contributed by atoms with van der Waals surface area (Å²) in [6.45, 7) is 3.50. The summed E-state index contributed by atoms with van der Waals surface area (Å²) < 4.78 is 26.6. The first kappa shape index (κ1) is 14.3. The zero-order valence-electron chi connectivity index (χ0n) is 9.87. The Morgan fingerprint density at radius 1 is 1.24 bits per heavy atom. The molecule has 0 aliphatic heterocycles. The number of carboxylic acids is 1. The summed E-state index contributed by atoms with van der Waals surface area (Å²) >= 11 is 0. The van der Waals surface area contributed by atoms with Crippen molar-refractivity contribution < 1.29 is 28.9 Å². The quantitative estimate of drug-likeness (QED) is 0.743. The molecule has 1 aliphatic rings. The summed E-state index contributed by atoms with van der Waals surface area (Å²) in [5.41, 5.74) is -3.73. The Morgan fingerprint density at radius 3 is 1.94 bits per heavy atom. The number of hydrogen-bond donors (Lipinski definition) is 2. The first-order valence-corrected chi connectivity index (χ1v) is 5.59. The molecule has 4 nitrogen and oxygen atoms in total. The minimum atomic E-state index is -4.29. The largest absolute Gasteiger partial charge is 0.544 e. The van der Waals surface area contributed by atoms with Crippen LogP contribution in [0, 0.1) is 5.92 Å².